The van der Waals surface area contributed by atoms with E-state index in [2.05, 4.69) is 20.9 Å². The van der Waals surface area contributed by atoms with Crippen LogP contribution >= 0.6 is 24.0 Å². The number of methoxy groups -OCH3 is 1. The molecule has 1 aromatic carbocycles. The lowest BCUT2D eigenvalue weighted by Crippen LogP contribution is -2.46. The number of nitrogens with zero attached hydrogens (tertiary/aromatic N) is 1. The normalized spacial score (nSPS) is 14.9. The number of carbonyl (C=O) groups excluding carboxylic acids is 1. The van der Waals surface area contributed by atoms with Gasteiger partial charge in [0.1, 0.15) is 0 Å². The molecule has 1 aliphatic rings. The minimum atomic E-state index is -0.264. The number of carbonyl (C=O) groups is 1. The number of guanidine groups is 1. The number of hydrogen-bond acceptors (Lipinski definition) is 4. The van der Waals surface area contributed by atoms with E-state index >= 15 is 0 Å². The quantitative estimate of drug-likeness (QED) is 0.261. The largest absolute Gasteiger partial charge is 0.459 e. The van der Waals surface area contributed by atoms with Gasteiger partial charge in [-0.15, -0.1) is 24.0 Å². The van der Waals surface area contributed by atoms with Gasteiger partial charge in [-0.25, -0.2) is 0 Å². The fourth-order valence-corrected chi connectivity index (χ4v) is 3.55. The highest BCUT2D eigenvalue weighted by Gasteiger charge is 2.36. The SMILES string of the molecule is CN=C(NCc1cccc(NC(=O)c2ccco2)c1)NCC1(CCOC)CCC1.I. The predicted octanol–water partition coefficient (Wildman–Crippen LogP) is 4.02. The van der Waals surface area contributed by atoms with Crippen LogP contribution in [-0.2, 0) is 11.3 Å². The molecule has 0 bridgehead atoms. The summed E-state index contributed by atoms with van der Waals surface area (Å²) in [5, 5.41) is 9.65. The van der Waals surface area contributed by atoms with Gasteiger partial charge in [-0.3, -0.25) is 9.79 Å². The Hall–Kier alpha value is -2.07. The maximum absolute atomic E-state index is 12.1. The van der Waals surface area contributed by atoms with E-state index in [9.17, 15) is 4.79 Å². The summed E-state index contributed by atoms with van der Waals surface area (Å²) in [5.41, 5.74) is 2.09. The van der Waals surface area contributed by atoms with Crippen LogP contribution in [0.1, 0.15) is 41.8 Å². The van der Waals surface area contributed by atoms with Crippen LogP contribution in [0.25, 0.3) is 0 Å². The second kappa shape index (κ2) is 11.9. The second-order valence-electron chi connectivity index (χ2n) is 7.51. The lowest BCUT2D eigenvalue weighted by molar-refractivity contribution is 0.0732. The van der Waals surface area contributed by atoms with Gasteiger partial charge in [-0.1, -0.05) is 18.6 Å². The van der Waals surface area contributed by atoms with Crippen molar-refractivity contribution in [2.45, 2.75) is 32.2 Å². The van der Waals surface area contributed by atoms with Crippen LogP contribution in [0.15, 0.2) is 52.1 Å². The highest BCUT2D eigenvalue weighted by molar-refractivity contribution is 14.0. The summed E-state index contributed by atoms with van der Waals surface area (Å²) in [6.07, 6.45) is 6.31. The lowest BCUT2D eigenvalue weighted by Gasteiger charge is -2.42. The summed E-state index contributed by atoms with van der Waals surface area (Å²) in [6.45, 7) is 2.30. The molecule has 164 valence electrons. The molecule has 7 nitrogen and oxygen atoms in total. The smallest absolute Gasteiger partial charge is 0.291 e. The van der Waals surface area contributed by atoms with Crippen molar-refractivity contribution in [2.75, 3.05) is 32.6 Å². The molecule has 0 saturated heterocycles. The Morgan fingerprint density at radius 1 is 1.23 bits per heavy atom. The molecule has 0 unspecified atom stereocenters. The van der Waals surface area contributed by atoms with Crippen molar-refractivity contribution in [1.82, 2.24) is 10.6 Å². The number of aliphatic imine (C=N–C) groups is 1. The van der Waals surface area contributed by atoms with Crippen molar-refractivity contribution in [1.29, 1.82) is 0 Å². The molecular formula is C22H31IN4O3. The van der Waals surface area contributed by atoms with E-state index in [4.69, 9.17) is 9.15 Å². The first-order valence-electron chi connectivity index (χ1n) is 10.0. The van der Waals surface area contributed by atoms with E-state index in [1.807, 2.05) is 24.3 Å². The van der Waals surface area contributed by atoms with Gasteiger partial charge in [0.2, 0.25) is 0 Å². The summed E-state index contributed by atoms with van der Waals surface area (Å²) in [7, 11) is 3.53. The maximum atomic E-state index is 12.1. The standard InChI is InChI=1S/C22H30N4O3.HI/c1-23-21(25-16-22(9-5-10-22)11-13-28-2)24-15-17-6-3-7-18(14-17)26-20(27)19-8-4-12-29-19;/h3-4,6-8,12,14H,5,9-11,13,15-16H2,1-2H3,(H,26,27)(H2,23,24,25);1H. The molecule has 2 aromatic rings. The molecule has 0 radical (unpaired) electrons. The zero-order chi connectivity index (χ0) is 20.5. The Labute approximate surface area is 195 Å². The van der Waals surface area contributed by atoms with E-state index in [1.54, 1.807) is 26.3 Å². The van der Waals surface area contributed by atoms with Crippen molar-refractivity contribution in [3.05, 3.63) is 54.0 Å². The average molecular weight is 526 g/mol. The van der Waals surface area contributed by atoms with E-state index in [-0.39, 0.29) is 35.6 Å². The van der Waals surface area contributed by atoms with Gasteiger partial charge in [-0.2, -0.15) is 0 Å². The van der Waals surface area contributed by atoms with Crippen LogP contribution in [0.5, 0.6) is 0 Å². The summed E-state index contributed by atoms with van der Waals surface area (Å²) in [6, 6.07) is 11.0. The Balaban J connectivity index is 0.00000320. The van der Waals surface area contributed by atoms with Gasteiger partial charge < -0.3 is 25.1 Å². The van der Waals surface area contributed by atoms with Crippen LogP contribution in [0.2, 0.25) is 0 Å². The minimum Gasteiger partial charge on any atom is -0.459 e. The zero-order valence-electron chi connectivity index (χ0n) is 17.6. The molecule has 0 aliphatic heterocycles. The van der Waals surface area contributed by atoms with Crippen molar-refractivity contribution >= 4 is 41.5 Å². The molecular weight excluding hydrogens is 495 g/mol. The number of furan rings is 1. The number of anilines is 1. The molecule has 30 heavy (non-hydrogen) atoms. The molecule has 1 amide bonds. The molecule has 3 rings (SSSR count). The number of benzene rings is 1. The van der Waals surface area contributed by atoms with Gasteiger partial charge in [0, 0.05) is 39.5 Å². The first-order valence-corrected chi connectivity index (χ1v) is 10.0. The lowest BCUT2D eigenvalue weighted by atomic mass is 9.67. The fraction of sp³-hybridized carbons (Fsp3) is 0.455. The molecule has 1 aromatic heterocycles. The van der Waals surface area contributed by atoms with Gasteiger partial charge in [0.25, 0.3) is 5.91 Å². The van der Waals surface area contributed by atoms with Crippen LogP contribution in [0.4, 0.5) is 5.69 Å². The van der Waals surface area contributed by atoms with Gasteiger partial charge in [0.05, 0.1) is 6.26 Å². The molecule has 0 atom stereocenters. The fourth-order valence-electron chi connectivity index (χ4n) is 3.55. The monoisotopic (exact) mass is 526 g/mol. The maximum Gasteiger partial charge on any atom is 0.291 e. The third-order valence-electron chi connectivity index (χ3n) is 5.49. The number of rotatable bonds is 9. The van der Waals surface area contributed by atoms with Gasteiger partial charge in [-0.05, 0) is 54.5 Å². The van der Waals surface area contributed by atoms with Crippen molar-refractivity contribution in [3.8, 4) is 0 Å². The van der Waals surface area contributed by atoms with Gasteiger partial charge >= 0.3 is 0 Å². The topological polar surface area (TPSA) is 87.9 Å². The third kappa shape index (κ3) is 6.73. The number of halogens is 1. The van der Waals surface area contributed by atoms with Crippen LogP contribution in [0.3, 0.4) is 0 Å². The van der Waals surface area contributed by atoms with E-state index in [0.29, 0.717) is 12.0 Å². The second-order valence-corrected chi connectivity index (χ2v) is 7.51. The van der Waals surface area contributed by atoms with Crippen molar-refractivity contribution < 1.29 is 13.9 Å². The third-order valence-corrected chi connectivity index (χ3v) is 5.49. The Morgan fingerprint density at radius 3 is 2.70 bits per heavy atom. The number of hydrogen-bond donors (Lipinski definition) is 3. The highest BCUT2D eigenvalue weighted by Crippen LogP contribution is 2.43. The Bertz CT molecular complexity index is 820. The number of ether oxygens (including phenoxy) is 1. The molecule has 8 heteroatoms. The van der Waals surface area contributed by atoms with E-state index < -0.39 is 0 Å². The molecule has 1 aliphatic carbocycles. The Kier molecular flexibility index (Phi) is 9.64. The van der Waals surface area contributed by atoms with Gasteiger partial charge in [0.15, 0.2) is 11.7 Å². The molecule has 1 saturated carbocycles. The highest BCUT2D eigenvalue weighted by atomic mass is 127. The van der Waals surface area contributed by atoms with Crippen molar-refractivity contribution in [2.24, 2.45) is 10.4 Å². The number of amides is 1. The summed E-state index contributed by atoms with van der Waals surface area (Å²) in [4.78, 5) is 16.5. The first-order chi connectivity index (χ1) is 14.1. The first kappa shape index (κ1) is 24.2. The van der Waals surface area contributed by atoms with Crippen molar-refractivity contribution in [3.63, 3.8) is 0 Å². The summed E-state index contributed by atoms with van der Waals surface area (Å²) < 4.78 is 10.4. The Morgan fingerprint density at radius 2 is 2.07 bits per heavy atom. The van der Waals surface area contributed by atoms with E-state index in [0.717, 1.165) is 36.8 Å². The minimum absolute atomic E-state index is 0. The summed E-state index contributed by atoms with van der Waals surface area (Å²) >= 11 is 0. The molecule has 1 heterocycles. The van der Waals surface area contributed by atoms with Crippen LogP contribution < -0.4 is 16.0 Å². The molecule has 3 N–H and O–H groups in total. The summed E-state index contributed by atoms with van der Waals surface area (Å²) in [5.74, 6) is 0.801. The van der Waals surface area contributed by atoms with E-state index in [1.165, 1.54) is 25.5 Å². The number of nitrogens with one attached hydrogen (secondary N) is 3. The van der Waals surface area contributed by atoms with Crippen LogP contribution in [0, 0.1) is 5.41 Å². The average Bonchev–Trinajstić information content (AvgIpc) is 3.24. The molecule has 0 spiro atoms. The predicted molar refractivity (Wildman–Crippen MR) is 129 cm³/mol. The zero-order valence-corrected chi connectivity index (χ0v) is 19.9. The molecule has 1 fully saturated rings. The van der Waals surface area contributed by atoms with Crippen LogP contribution in [-0.4, -0.2) is 39.2 Å².